The lowest BCUT2D eigenvalue weighted by Gasteiger charge is -2.38. The van der Waals surface area contributed by atoms with Crippen molar-refractivity contribution in [3.05, 3.63) is 58.0 Å². The van der Waals surface area contributed by atoms with Crippen LogP contribution in [0.3, 0.4) is 0 Å². The number of Topliss-reactive ketones (excluding diaryl/α,β-unsaturated/α-hetero) is 1. The number of aromatic hydroxyl groups is 2. The third-order valence-electron chi connectivity index (χ3n) is 15.6. The standard InChI is InChI=1S/C54H76N6O11/c1-28(2)26-60-21-18-54(19-22-60)57-42-39-40-47(65)35(9)50-41(39)51(67)53(10,71-50)69-23-17-29(3)32(6)49(70-38(62)24-37(61)55-25-36-16-13-20-59(11)27-36)34(8)46(64)33(7)45(63)30(4)14-12-15-31(5)52(68)56-44(48(40)66)43(42)58-54/h12,14-15,17,23,28-30,32-34,36,45-46,49,57,63-66H,13,16,18-22,24-27H2,1-11H3,(H,55,61)/b14-12+,23-17+,31-15-,56-44?/t29-,30-,32+,33+,34+,36?,45-,46+,49+,53-/m0/s1. The lowest BCUT2D eigenvalue weighted by atomic mass is 9.77. The Hall–Kier alpha value is -5.36. The van der Waals surface area contributed by atoms with E-state index < -0.39 is 95.1 Å². The molecule has 6 aliphatic heterocycles. The summed E-state index contributed by atoms with van der Waals surface area (Å²) in [6, 6.07) is 0. The molecule has 6 aliphatic rings. The van der Waals surface area contributed by atoms with Crippen LogP contribution in [0.4, 0.5) is 5.69 Å². The molecule has 0 aliphatic carbocycles. The number of hydrogen-bond acceptors (Lipinski definition) is 15. The van der Waals surface area contributed by atoms with Crippen molar-refractivity contribution in [2.75, 3.05) is 51.6 Å². The van der Waals surface area contributed by atoms with Crippen molar-refractivity contribution in [2.24, 2.45) is 51.4 Å². The van der Waals surface area contributed by atoms with Crippen molar-refractivity contribution in [1.82, 2.24) is 15.1 Å². The number of phenolic OH excluding ortho intramolecular Hbond substituents is 2. The second-order valence-corrected chi connectivity index (χ2v) is 21.8. The molecule has 0 radical (unpaired) electrons. The van der Waals surface area contributed by atoms with E-state index in [2.05, 4.69) is 39.3 Å². The van der Waals surface area contributed by atoms with Gasteiger partial charge < -0.3 is 55.1 Å². The Balaban J connectivity index is 1.27. The van der Waals surface area contributed by atoms with Crippen LogP contribution in [0.5, 0.6) is 17.2 Å². The molecule has 2 aromatic rings. The SMILES string of the molecule is C/C1=C/C=C/[C@H](C)[C@H](O)[C@@H](C)[C@@H](O)[C@@H](C)[C@H](OC(=O)CC(=O)NCC2CCCN(C)C2)[C@H](C)[C@@H](C)/C=C/O[C@@]2(C)Oc3c(C)c(O)c4c(O)c(c5c(c4c3C2=O)NC2(CCN(CC(C)C)CC2)N=5)=NC1=O. The van der Waals surface area contributed by atoms with Gasteiger partial charge in [-0.25, -0.2) is 4.99 Å². The third-order valence-corrected chi connectivity index (χ3v) is 15.6. The first-order chi connectivity index (χ1) is 33.5. The van der Waals surface area contributed by atoms with Crippen LogP contribution in [0, 0.1) is 48.3 Å². The van der Waals surface area contributed by atoms with Gasteiger partial charge in [0.05, 0.1) is 35.1 Å². The molecular formula is C54H76N6O11. The number of ether oxygens (including phenoxy) is 3. The largest absolute Gasteiger partial charge is 0.507 e. The van der Waals surface area contributed by atoms with Crippen LogP contribution in [0.15, 0.2) is 46.1 Å². The summed E-state index contributed by atoms with van der Waals surface area (Å²) < 4.78 is 18.7. The predicted molar refractivity (Wildman–Crippen MR) is 268 cm³/mol. The Kier molecular flexibility index (Phi) is 16.1. The number of rotatable bonds is 7. The maximum Gasteiger partial charge on any atom is 0.315 e. The summed E-state index contributed by atoms with van der Waals surface area (Å²) >= 11 is 0. The quantitative estimate of drug-likeness (QED) is 0.119. The number of hydrogen-bond donors (Lipinski definition) is 6. The van der Waals surface area contributed by atoms with Gasteiger partial charge >= 0.3 is 11.8 Å². The number of aliphatic hydroxyl groups excluding tert-OH is 2. The van der Waals surface area contributed by atoms with Crippen LogP contribution in [0.2, 0.25) is 0 Å². The Morgan fingerprint density at radius 1 is 0.944 bits per heavy atom. The number of piperidine rings is 2. The normalized spacial score (nSPS) is 32.3. The van der Waals surface area contributed by atoms with Gasteiger partial charge in [-0.15, -0.1) is 0 Å². The molecule has 6 N–H and O–H groups in total. The number of fused-ring (bicyclic) bond motifs is 13. The summed E-state index contributed by atoms with van der Waals surface area (Å²) in [6.45, 7) is 22.5. The number of likely N-dealkylation sites (tertiary alicyclic amines) is 2. The number of esters is 1. The number of carbonyl (C=O) groups is 4. The molecule has 1 spiro atoms. The second-order valence-electron chi connectivity index (χ2n) is 21.8. The number of allylic oxidation sites excluding steroid dienone is 3. The van der Waals surface area contributed by atoms with Crippen molar-refractivity contribution in [3.8, 4) is 17.2 Å². The molecule has 5 bridgehead atoms. The fourth-order valence-electron chi connectivity index (χ4n) is 11.0. The molecule has 0 aromatic heterocycles. The Morgan fingerprint density at radius 3 is 2.32 bits per heavy atom. The highest BCUT2D eigenvalue weighted by Gasteiger charge is 2.51. The van der Waals surface area contributed by atoms with Crippen LogP contribution >= 0.6 is 0 Å². The van der Waals surface area contributed by atoms with Crippen molar-refractivity contribution in [3.63, 3.8) is 0 Å². The maximum absolute atomic E-state index is 14.9. The zero-order chi connectivity index (χ0) is 51.9. The molecule has 6 heterocycles. The molecule has 1 unspecified atom stereocenters. The number of phenols is 2. The molecule has 10 atom stereocenters. The summed E-state index contributed by atoms with van der Waals surface area (Å²) in [4.78, 5) is 69.7. The molecule has 8 rings (SSSR count). The lowest BCUT2D eigenvalue weighted by Crippen LogP contribution is -2.47. The Bertz CT molecular complexity index is 2620. The van der Waals surface area contributed by atoms with Gasteiger partial charge in [-0.3, -0.25) is 24.2 Å². The van der Waals surface area contributed by atoms with Gasteiger partial charge in [0.15, 0.2) is 5.75 Å². The highest BCUT2D eigenvalue weighted by molar-refractivity contribution is 6.21. The van der Waals surface area contributed by atoms with Crippen molar-refractivity contribution < 1.29 is 53.8 Å². The molecule has 2 saturated heterocycles. The van der Waals surface area contributed by atoms with Gasteiger partial charge in [0, 0.05) is 86.8 Å². The monoisotopic (exact) mass is 985 g/mol. The smallest absolute Gasteiger partial charge is 0.315 e. The van der Waals surface area contributed by atoms with Crippen LogP contribution in [-0.2, 0) is 23.9 Å². The zero-order valence-electron chi connectivity index (χ0n) is 43.4. The van der Waals surface area contributed by atoms with Crippen LogP contribution in [-0.4, -0.2) is 130 Å². The average molecular weight is 985 g/mol. The fraction of sp³-hybridized carbons (Fsp3) is 0.630. The van der Waals surface area contributed by atoms with E-state index >= 15 is 0 Å². The number of anilines is 1. The lowest BCUT2D eigenvalue weighted by molar-refractivity contribution is -0.162. The third kappa shape index (κ3) is 11.0. The van der Waals surface area contributed by atoms with Gasteiger partial charge in [0.2, 0.25) is 5.91 Å². The fourth-order valence-corrected chi connectivity index (χ4v) is 11.0. The first-order valence-corrected chi connectivity index (χ1v) is 25.5. The number of nitrogens with one attached hydrogen (secondary N) is 2. The zero-order valence-corrected chi connectivity index (χ0v) is 43.4. The number of nitrogens with zero attached hydrogens (tertiary/aromatic N) is 4. The number of aliphatic hydroxyl groups is 2. The maximum atomic E-state index is 14.9. The van der Waals surface area contributed by atoms with Gasteiger partial charge in [-0.1, -0.05) is 66.7 Å². The molecule has 2 amide bonds. The van der Waals surface area contributed by atoms with E-state index in [1.54, 1.807) is 52.8 Å². The molecule has 2 fully saturated rings. The summed E-state index contributed by atoms with van der Waals surface area (Å²) in [5, 5.41) is 54.2. The Labute approximate surface area is 417 Å². The van der Waals surface area contributed by atoms with E-state index in [9.17, 15) is 39.6 Å². The highest BCUT2D eigenvalue weighted by Crippen LogP contribution is 2.51. The minimum Gasteiger partial charge on any atom is -0.507 e. The van der Waals surface area contributed by atoms with Crippen molar-refractivity contribution in [1.29, 1.82) is 0 Å². The highest BCUT2D eigenvalue weighted by atomic mass is 16.7. The minimum absolute atomic E-state index is 0.0556. The topological polar surface area (TPSA) is 232 Å². The summed E-state index contributed by atoms with van der Waals surface area (Å²) in [6.07, 6.45) is 7.34. The number of benzene rings is 2. The van der Waals surface area contributed by atoms with E-state index in [0.29, 0.717) is 44.1 Å². The molecule has 2 aromatic carbocycles. The van der Waals surface area contributed by atoms with E-state index in [1.165, 1.54) is 19.3 Å². The van der Waals surface area contributed by atoms with Crippen LogP contribution in [0.25, 0.3) is 10.8 Å². The molecule has 388 valence electrons. The minimum atomic E-state index is -1.95. The summed E-state index contributed by atoms with van der Waals surface area (Å²) in [7, 11) is 2.05. The number of ketones is 1. The summed E-state index contributed by atoms with van der Waals surface area (Å²) in [5.41, 5.74) is -0.136. The van der Waals surface area contributed by atoms with E-state index in [4.69, 9.17) is 19.2 Å². The number of carbonyl (C=O) groups excluding carboxylic acids is 4. The van der Waals surface area contributed by atoms with Gasteiger partial charge in [-0.05, 0) is 70.0 Å². The van der Waals surface area contributed by atoms with Crippen molar-refractivity contribution >= 4 is 40.0 Å². The summed E-state index contributed by atoms with van der Waals surface area (Å²) in [5.74, 6) is -7.48. The molecule has 17 heteroatoms. The Morgan fingerprint density at radius 2 is 1.65 bits per heavy atom. The van der Waals surface area contributed by atoms with E-state index in [0.717, 1.165) is 32.5 Å². The molecule has 17 nitrogen and oxygen atoms in total. The predicted octanol–water partition coefficient (Wildman–Crippen LogP) is 5.20. The molecule has 0 saturated carbocycles. The van der Waals surface area contributed by atoms with Gasteiger partial charge in [-0.2, -0.15) is 0 Å². The van der Waals surface area contributed by atoms with Gasteiger partial charge in [0.1, 0.15) is 40.4 Å². The van der Waals surface area contributed by atoms with E-state index in [-0.39, 0.29) is 55.6 Å². The first kappa shape index (κ1) is 53.4. The number of amides is 2. The molecule has 71 heavy (non-hydrogen) atoms. The average Bonchev–Trinajstić information content (AvgIpc) is 3.82. The van der Waals surface area contributed by atoms with Gasteiger partial charge in [0.25, 0.3) is 11.7 Å². The van der Waals surface area contributed by atoms with Crippen molar-refractivity contribution in [2.45, 2.75) is 131 Å². The first-order valence-electron chi connectivity index (χ1n) is 25.5. The van der Waals surface area contributed by atoms with Crippen LogP contribution < -0.4 is 26.1 Å². The van der Waals surface area contributed by atoms with Crippen LogP contribution in [0.1, 0.15) is 110 Å². The van der Waals surface area contributed by atoms with E-state index in [1.807, 2.05) is 20.9 Å². The second kappa shape index (κ2) is 21.4. The molecular weight excluding hydrogens is 909 g/mol.